The highest BCUT2D eigenvalue weighted by atomic mass is 32.2. The zero-order chi connectivity index (χ0) is 20.1. The van der Waals surface area contributed by atoms with Gasteiger partial charge in [0, 0.05) is 12.1 Å². The van der Waals surface area contributed by atoms with Crippen molar-refractivity contribution in [3.63, 3.8) is 0 Å². The van der Waals surface area contributed by atoms with Crippen LogP contribution in [0, 0.1) is 0 Å². The third kappa shape index (κ3) is 4.09. The van der Waals surface area contributed by atoms with Crippen molar-refractivity contribution in [1.82, 2.24) is 19.7 Å². The molecular weight excluding hydrogens is 384 g/mol. The zero-order valence-electron chi connectivity index (χ0n) is 16.0. The summed E-state index contributed by atoms with van der Waals surface area (Å²) in [5.74, 6) is 3.43. The molecule has 2 aromatic heterocycles. The van der Waals surface area contributed by atoms with E-state index in [0.29, 0.717) is 18.2 Å². The van der Waals surface area contributed by atoms with Crippen LogP contribution < -0.4 is 4.74 Å². The predicted molar refractivity (Wildman–Crippen MR) is 114 cm³/mol. The maximum atomic E-state index is 5.89. The van der Waals surface area contributed by atoms with Gasteiger partial charge in [-0.05, 0) is 12.1 Å². The molecule has 7 heteroatoms. The first-order chi connectivity index (χ1) is 14.3. The Bertz CT molecular complexity index is 1100. The number of methoxy groups -OCH3 is 1. The largest absolute Gasteiger partial charge is 0.496 e. The number of oxazole rings is 1. The molecule has 2 aromatic carbocycles. The Morgan fingerprint density at radius 3 is 2.69 bits per heavy atom. The maximum Gasteiger partial charge on any atom is 0.205 e. The molecular formula is C22H20N4O2S. The molecule has 0 spiro atoms. The molecule has 0 unspecified atom stereocenters. The highest BCUT2D eigenvalue weighted by Crippen LogP contribution is 2.32. The summed E-state index contributed by atoms with van der Waals surface area (Å²) in [5, 5.41) is 9.53. The molecule has 0 aliphatic heterocycles. The summed E-state index contributed by atoms with van der Waals surface area (Å²) in [6, 6.07) is 17.7. The van der Waals surface area contributed by atoms with Crippen LogP contribution in [0.3, 0.4) is 0 Å². The number of benzene rings is 2. The van der Waals surface area contributed by atoms with Gasteiger partial charge in [-0.15, -0.1) is 16.8 Å². The van der Waals surface area contributed by atoms with Crippen molar-refractivity contribution in [3.05, 3.63) is 79.3 Å². The van der Waals surface area contributed by atoms with E-state index in [9.17, 15) is 0 Å². The lowest BCUT2D eigenvalue weighted by Crippen LogP contribution is -2.01. The molecule has 0 aliphatic carbocycles. The van der Waals surface area contributed by atoms with E-state index in [2.05, 4.69) is 21.8 Å². The fourth-order valence-electron chi connectivity index (χ4n) is 2.96. The van der Waals surface area contributed by atoms with E-state index in [4.69, 9.17) is 9.15 Å². The molecule has 0 aliphatic rings. The number of rotatable bonds is 8. The lowest BCUT2D eigenvalue weighted by Gasteiger charge is -2.10. The van der Waals surface area contributed by atoms with Crippen LogP contribution in [0.1, 0.15) is 5.89 Å². The monoisotopic (exact) mass is 404 g/mol. The molecule has 29 heavy (non-hydrogen) atoms. The van der Waals surface area contributed by atoms with E-state index in [1.807, 2.05) is 65.2 Å². The van der Waals surface area contributed by atoms with Crippen LogP contribution in [-0.4, -0.2) is 26.9 Å². The van der Waals surface area contributed by atoms with Crippen molar-refractivity contribution in [2.75, 3.05) is 7.11 Å². The summed E-state index contributed by atoms with van der Waals surface area (Å²) >= 11 is 1.52. The Morgan fingerprint density at radius 2 is 1.90 bits per heavy atom. The molecule has 0 atom stereocenters. The first kappa shape index (κ1) is 19.0. The van der Waals surface area contributed by atoms with Crippen LogP contribution in [-0.2, 0) is 12.3 Å². The Morgan fingerprint density at radius 1 is 1.10 bits per heavy atom. The van der Waals surface area contributed by atoms with Crippen molar-refractivity contribution in [3.8, 4) is 28.5 Å². The lowest BCUT2D eigenvalue weighted by atomic mass is 10.2. The molecule has 0 fully saturated rings. The standard InChI is InChI=1S/C22H20N4O2S/c1-3-13-26-21(17-11-7-8-12-18(17)27-2)24-25-22(26)29-15-20-23-14-19(28-20)16-9-5-4-6-10-16/h3-12,14H,1,13,15H2,2H3. The van der Waals surface area contributed by atoms with Gasteiger partial charge in [-0.25, -0.2) is 4.98 Å². The molecule has 0 bridgehead atoms. The second-order valence-corrected chi connectivity index (χ2v) is 7.12. The third-order valence-electron chi connectivity index (χ3n) is 4.31. The van der Waals surface area contributed by atoms with Crippen molar-refractivity contribution >= 4 is 11.8 Å². The van der Waals surface area contributed by atoms with E-state index in [1.54, 1.807) is 13.3 Å². The molecule has 4 rings (SSSR count). The normalized spacial score (nSPS) is 10.8. The Kier molecular flexibility index (Phi) is 5.76. The second kappa shape index (κ2) is 8.79. The van der Waals surface area contributed by atoms with Crippen molar-refractivity contribution in [2.24, 2.45) is 0 Å². The Balaban J connectivity index is 1.56. The van der Waals surface area contributed by atoms with Gasteiger partial charge >= 0.3 is 0 Å². The van der Waals surface area contributed by atoms with E-state index >= 15 is 0 Å². The summed E-state index contributed by atoms with van der Waals surface area (Å²) < 4.78 is 13.4. The number of allylic oxidation sites excluding steroid dienone is 1. The van der Waals surface area contributed by atoms with Gasteiger partial charge in [0.25, 0.3) is 0 Å². The summed E-state index contributed by atoms with van der Waals surface area (Å²) in [6.45, 7) is 4.45. The van der Waals surface area contributed by atoms with Gasteiger partial charge in [0.15, 0.2) is 16.7 Å². The van der Waals surface area contributed by atoms with Crippen LogP contribution in [0.25, 0.3) is 22.7 Å². The zero-order valence-corrected chi connectivity index (χ0v) is 16.8. The Hall–Kier alpha value is -3.32. The smallest absolute Gasteiger partial charge is 0.205 e. The summed E-state index contributed by atoms with van der Waals surface area (Å²) in [4.78, 5) is 4.39. The molecule has 0 N–H and O–H groups in total. The van der Waals surface area contributed by atoms with Gasteiger partial charge in [0.2, 0.25) is 5.89 Å². The molecule has 2 heterocycles. The summed E-state index contributed by atoms with van der Waals surface area (Å²) in [7, 11) is 1.65. The van der Waals surface area contributed by atoms with Crippen LogP contribution >= 0.6 is 11.8 Å². The lowest BCUT2D eigenvalue weighted by molar-refractivity contribution is 0.416. The van der Waals surface area contributed by atoms with E-state index in [-0.39, 0.29) is 0 Å². The van der Waals surface area contributed by atoms with Crippen LogP contribution in [0.2, 0.25) is 0 Å². The van der Waals surface area contributed by atoms with Crippen molar-refractivity contribution in [1.29, 1.82) is 0 Å². The van der Waals surface area contributed by atoms with Crippen LogP contribution in [0.15, 0.2) is 83.0 Å². The third-order valence-corrected chi connectivity index (χ3v) is 5.26. The van der Waals surface area contributed by atoms with E-state index in [1.165, 1.54) is 11.8 Å². The minimum Gasteiger partial charge on any atom is -0.496 e. The average Bonchev–Trinajstić information content (AvgIpc) is 3.40. The van der Waals surface area contributed by atoms with Gasteiger partial charge < -0.3 is 9.15 Å². The summed E-state index contributed by atoms with van der Waals surface area (Å²) in [5.41, 5.74) is 1.89. The average molecular weight is 404 g/mol. The van der Waals surface area contributed by atoms with Gasteiger partial charge in [-0.1, -0.05) is 60.3 Å². The first-order valence-electron chi connectivity index (χ1n) is 9.10. The molecule has 0 saturated heterocycles. The maximum absolute atomic E-state index is 5.89. The van der Waals surface area contributed by atoms with Gasteiger partial charge in [0.05, 0.1) is 24.6 Å². The molecule has 4 aromatic rings. The fourth-order valence-corrected chi connectivity index (χ4v) is 3.76. The number of hydrogen-bond donors (Lipinski definition) is 0. The quantitative estimate of drug-likeness (QED) is 0.301. The number of aromatic nitrogens is 4. The number of thioether (sulfide) groups is 1. The number of nitrogens with zero attached hydrogens (tertiary/aromatic N) is 4. The molecule has 0 radical (unpaired) electrons. The van der Waals surface area contributed by atoms with E-state index < -0.39 is 0 Å². The van der Waals surface area contributed by atoms with Gasteiger partial charge in [-0.3, -0.25) is 4.57 Å². The van der Waals surface area contributed by atoms with Crippen LogP contribution in [0.5, 0.6) is 5.75 Å². The second-order valence-electron chi connectivity index (χ2n) is 6.18. The highest BCUT2D eigenvalue weighted by Gasteiger charge is 2.17. The number of ether oxygens (including phenoxy) is 1. The molecule has 0 amide bonds. The number of para-hydroxylation sites is 1. The number of hydrogen-bond acceptors (Lipinski definition) is 6. The SMILES string of the molecule is C=CCn1c(SCc2ncc(-c3ccccc3)o2)nnc1-c1ccccc1OC. The fraction of sp³-hybridized carbons (Fsp3) is 0.136. The Labute approximate surface area is 173 Å². The molecule has 0 saturated carbocycles. The van der Waals surface area contributed by atoms with Crippen molar-refractivity contribution in [2.45, 2.75) is 17.5 Å². The summed E-state index contributed by atoms with van der Waals surface area (Å²) in [6.07, 6.45) is 3.57. The first-order valence-corrected chi connectivity index (χ1v) is 10.1. The van der Waals surface area contributed by atoms with Crippen LogP contribution in [0.4, 0.5) is 0 Å². The minimum absolute atomic E-state index is 0.550. The van der Waals surface area contributed by atoms with Gasteiger partial charge in [0.1, 0.15) is 5.75 Å². The van der Waals surface area contributed by atoms with Crippen molar-refractivity contribution < 1.29 is 9.15 Å². The minimum atomic E-state index is 0.550. The molecule has 6 nitrogen and oxygen atoms in total. The van der Waals surface area contributed by atoms with E-state index in [0.717, 1.165) is 33.6 Å². The van der Waals surface area contributed by atoms with Gasteiger partial charge in [-0.2, -0.15) is 0 Å². The molecule has 146 valence electrons. The highest BCUT2D eigenvalue weighted by molar-refractivity contribution is 7.98. The predicted octanol–water partition coefficient (Wildman–Crippen LogP) is 5.09. The topological polar surface area (TPSA) is 66.0 Å².